The average Bonchev–Trinajstić information content (AvgIpc) is 2.99. The van der Waals surface area contributed by atoms with Gasteiger partial charge in [-0.3, -0.25) is 4.79 Å². The van der Waals surface area contributed by atoms with Crippen molar-refractivity contribution in [2.75, 3.05) is 7.05 Å². The number of rotatable bonds is 1. The van der Waals surface area contributed by atoms with Gasteiger partial charge >= 0.3 is 0 Å². The maximum atomic E-state index is 12.1. The molecule has 2 nitrogen and oxygen atoms in total. The molecule has 3 heteroatoms. The number of fused-ring (bicyclic) bond motifs is 1. The van der Waals surface area contributed by atoms with Crippen LogP contribution >= 0.6 is 12.2 Å². The number of likely N-dealkylation sites (N-methyl/N-ethyl adjacent to an activating group) is 1. The van der Waals surface area contributed by atoms with E-state index in [9.17, 15) is 4.79 Å². The van der Waals surface area contributed by atoms with Crippen LogP contribution in [0.4, 0.5) is 0 Å². The first-order valence-corrected chi connectivity index (χ1v) is 5.46. The van der Waals surface area contributed by atoms with Gasteiger partial charge in [0.25, 0.3) is 0 Å². The molecule has 0 aromatic heterocycles. The number of amides is 1. The number of thiocarbonyl (C=S) groups is 1. The molecule has 2 aliphatic rings. The Morgan fingerprint density at radius 2 is 2.07 bits per heavy atom. The number of likely N-dealkylation sites (tertiary alicyclic amines) is 1. The van der Waals surface area contributed by atoms with Crippen LogP contribution in [0.2, 0.25) is 0 Å². The summed E-state index contributed by atoms with van der Waals surface area (Å²) in [7, 11) is 1.78. The van der Waals surface area contributed by atoms with Gasteiger partial charge < -0.3 is 4.90 Å². The summed E-state index contributed by atoms with van der Waals surface area (Å²) in [5.74, 6) is 0.441. The van der Waals surface area contributed by atoms with Crippen molar-refractivity contribution < 1.29 is 4.79 Å². The quantitative estimate of drug-likeness (QED) is 0.668. The van der Waals surface area contributed by atoms with E-state index in [0.717, 1.165) is 17.0 Å². The zero-order valence-corrected chi connectivity index (χ0v) is 9.25. The van der Waals surface area contributed by atoms with E-state index in [4.69, 9.17) is 12.2 Å². The Bertz CT molecular complexity index is 456. The van der Waals surface area contributed by atoms with Crippen LogP contribution in [0.15, 0.2) is 30.3 Å². The molecular formula is C12H11NOS. The summed E-state index contributed by atoms with van der Waals surface area (Å²) in [6.45, 7) is 0. The second kappa shape index (κ2) is 2.67. The van der Waals surface area contributed by atoms with Crippen molar-refractivity contribution in [2.24, 2.45) is 5.92 Å². The number of piperidine rings is 1. The van der Waals surface area contributed by atoms with Gasteiger partial charge in [0, 0.05) is 13.0 Å². The first kappa shape index (κ1) is 9.04. The topological polar surface area (TPSA) is 20.3 Å². The summed E-state index contributed by atoms with van der Waals surface area (Å²) < 4.78 is 0. The van der Waals surface area contributed by atoms with Crippen LogP contribution in [0.25, 0.3) is 0 Å². The Morgan fingerprint density at radius 3 is 2.60 bits per heavy atom. The Morgan fingerprint density at radius 1 is 1.40 bits per heavy atom. The molecule has 1 aliphatic carbocycles. The summed E-state index contributed by atoms with van der Waals surface area (Å²) in [4.78, 5) is 14.6. The summed E-state index contributed by atoms with van der Waals surface area (Å²) in [5, 5.41) is 0. The van der Waals surface area contributed by atoms with Crippen LogP contribution in [0.3, 0.4) is 0 Å². The van der Waals surface area contributed by atoms with E-state index in [0.29, 0.717) is 0 Å². The molecule has 1 saturated heterocycles. The predicted octanol–water partition coefficient (Wildman–Crippen LogP) is 1.74. The number of carbonyl (C=O) groups is 1. The molecule has 0 spiro atoms. The Kier molecular flexibility index (Phi) is 1.61. The van der Waals surface area contributed by atoms with Gasteiger partial charge in [0.05, 0.1) is 10.4 Å². The molecule has 1 aliphatic heterocycles. The van der Waals surface area contributed by atoms with E-state index < -0.39 is 0 Å². The second-order valence-corrected chi connectivity index (χ2v) is 4.71. The summed E-state index contributed by atoms with van der Waals surface area (Å²) in [5.41, 5.74) is 0.819. The molecule has 0 unspecified atom stereocenters. The smallest absolute Gasteiger partial charge is 0.238 e. The lowest BCUT2D eigenvalue weighted by Gasteiger charge is -2.15. The van der Waals surface area contributed by atoms with E-state index in [-0.39, 0.29) is 17.2 Å². The molecule has 76 valence electrons. The Hall–Kier alpha value is -1.22. The van der Waals surface area contributed by atoms with Crippen LogP contribution in [0, 0.1) is 5.92 Å². The maximum absolute atomic E-state index is 12.1. The van der Waals surface area contributed by atoms with E-state index >= 15 is 0 Å². The van der Waals surface area contributed by atoms with E-state index in [2.05, 4.69) is 0 Å². The third-order valence-electron chi connectivity index (χ3n) is 3.56. The van der Waals surface area contributed by atoms with Gasteiger partial charge in [0.15, 0.2) is 0 Å². The van der Waals surface area contributed by atoms with Crippen LogP contribution < -0.4 is 0 Å². The lowest BCUT2D eigenvalue weighted by Crippen LogP contribution is -2.32. The number of nitrogens with zero attached hydrogens (tertiary/aromatic N) is 1. The number of benzene rings is 1. The zero-order valence-electron chi connectivity index (χ0n) is 8.43. The maximum Gasteiger partial charge on any atom is 0.238 e. The number of hydrogen-bond acceptors (Lipinski definition) is 2. The molecular weight excluding hydrogens is 206 g/mol. The minimum Gasteiger partial charge on any atom is -0.309 e. The molecule has 0 radical (unpaired) electrons. The molecule has 2 atom stereocenters. The van der Waals surface area contributed by atoms with Crippen LogP contribution in [0.5, 0.6) is 0 Å². The molecule has 0 N–H and O–H groups in total. The van der Waals surface area contributed by atoms with Gasteiger partial charge in [-0.15, -0.1) is 0 Å². The fraction of sp³-hybridized carbons (Fsp3) is 0.333. The highest BCUT2D eigenvalue weighted by molar-refractivity contribution is 7.80. The summed E-state index contributed by atoms with van der Waals surface area (Å²) in [6.07, 6.45) is 0.902. The van der Waals surface area contributed by atoms with Gasteiger partial charge in [-0.2, -0.15) is 0 Å². The van der Waals surface area contributed by atoms with Crippen LogP contribution in [-0.4, -0.2) is 22.8 Å². The van der Waals surface area contributed by atoms with E-state index in [1.165, 1.54) is 0 Å². The molecule has 0 bridgehead atoms. The summed E-state index contributed by atoms with van der Waals surface area (Å²) in [6, 6.07) is 9.99. The second-order valence-electron chi connectivity index (χ2n) is 4.30. The first-order chi connectivity index (χ1) is 7.18. The van der Waals surface area contributed by atoms with Gasteiger partial charge in [0.2, 0.25) is 5.91 Å². The third kappa shape index (κ3) is 0.939. The molecule has 1 heterocycles. The summed E-state index contributed by atoms with van der Waals surface area (Å²) >= 11 is 5.26. The van der Waals surface area contributed by atoms with Crippen LogP contribution in [0.1, 0.15) is 12.0 Å². The highest BCUT2D eigenvalue weighted by atomic mass is 32.1. The monoisotopic (exact) mass is 217 g/mol. The molecule has 15 heavy (non-hydrogen) atoms. The van der Waals surface area contributed by atoms with Crippen molar-refractivity contribution in [3.63, 3.8) is 0 Å². The van der Waals surface area contributed by atoms with Gasteiger partial charge in [-0.25, -0.2) is 0 Å². The highest BCUT2D eigenvalue weighted by Gasteiger charge is 2.69. The molecule has 1 aromatic rings. The molecule has 1 amide bonds. The predicted molar refractivity (Wildman–Crippen MR) is 61.6 cm³/mol. The fourth-order valence-electron chi connectivity index (χ4n) is 2.61. The van der Waals surface area contributed by atoms with E-state index in [1.807, 2.05) is 30.3 Å². The Labute approximate surface area is 93.9 Å². The molecule has 1 aromatic carbocycles. The lowest BCUT2D eigenvalue weighted by atomic mass is 9.94. The van der Waals surface area contributed by atoms with E-state index in [1.54, 1.807) is 11.9 Å². The SMILES string of the molecule is CN1C(=O)[C@@]2(c3ccccc3)C[C@H]2C1=S. The largest absolute Gasteiger partial charge is 0.309 e. The Balaban J connectivity index is 2.09. The van der Waals surface area contributed by atoms with Crippen molar-refractivity contribution >= 4 is 23.1 Å². The van der Waals surface area contributed by atoms with Crippen molar-refractivity contribution in [2.45, 2.75) is 11.8 Å². The number of carbonyl (C=O) groups excluding carboxylic acids is 1. The first-order valence-electron chi connectivity index (χ1n) is 5.05. The molecule has 1 saturated carbocycles. The average molecular weight is 217 g/mol. The van der Waals surface area contributed by atoms with Crippen molar-refractivity contribution in [3.8, 4) is 0 Å². The van der Waals surface area contributed by atoms with Crippen molar-refractivity contribution in [3.05, 3.63) is 35.9 Å². The van der Waals surface area contributed by atoms with Gasteiger partial charge in [0.1, 0.15) is 0 Å². The highest BCUT2D eigenvalue weighted by Crippen LogP contribution is 2.60. The third-order valence-corrected chi connectivity index (χ3v) is 4.12. The van der Waals surface area contributed by atoms with Crippen molar-refractivity contribution in [1.82, 2.24) is 4.90 Å². The molecule has 2 fully saturated rings. The minimum atomic E-state index is -0.299. The van der Waals surface area contributed by atoms with Gasteiger partial charge in [-0.05, 0) is 12.0 Å². The number of hydrogen-bond donors (Lipinski definition) is 0. The lowest BCUT2D eigenvalue weighted by molar-refractivity contribution is -0.127. The standard InChI is InChI=1S/C12H11NOS/c1-13-10(15)9-7-12(9,11(13)14)8-5-3-2-4-6-8/h2-6,9H,7H2,1H3/t9-,12+/m0/s1. The van der Waals surface area contributed by atoms with Crippen LogP contribution in [-0.2, 0) is 10.2 Å². The minimum absolute atomic E-state index is 0.170. The van der Waals surface area contributed by atoms with Gasteiger partial charge in [-0.1, -0.05) is 42.5 Å². The molecule has 3 rings (SSSR count). The van der Waals surface area contributed by atoms with Crippen molar-refractivity contribution in [1.29, 1.82) is 0 Å². The normalized spacial score (nSPS) is 33.1. The fourth-order valence-corrected chi connectivity index (χ4v) is 2.98. The zero-order chi connectivity index (χ0) is 10.6.